The highest BCUT2D eigenvalue weighted by atomic mass is 16.1. The van der Waals surface area contributed by atoms with Gasteiger partial charge in [-0.2, -0.15) is 0 Å². The van der Waals surface area contributed by atoms with Crippen LogP contribution in [0.3, 0.4) is 0 Å². The van der Waals surface area contributed by atoms with E-state index in [1.54, 1.807) is 0 Å². The van der Waals surface area contributed by atoms with Gasteiger partial charge in [-0.05, 0) is 81.9 Å². The maximum atomic E-state index is 12.1. The largest absolute Gasteiger partial charge is 0.330 e. The highest BCUT2D eigenvalue weighted by molar-refractivity contribution is 5.92. The van der Waals surface area contributed by atoms with Gasteiger partial charge < -0.3 is 16.0 Å². The Labute approximate surface area is 153 Å². The molecule has 1 fully saturated rings. The number of unbranched alkanes of at least 4 members (excludes halogenated alkanes) is 2. The van der Waals surface area contributed by atoms with Crippen LogP contribution in [0.2, 0.25) is 0 Å². The molecule has 0 radical (unpaired) electrons. The number of nitrogens with zero attached hydrogens (tertiary/aromatic N) is 1. The smallest absolute Gasteiger partial charge is 0.227 e. The lowest BCUT2D eigenvalue weighted by atomic mass is 9.89. The number of carbonyl (C=O) groups is 1. The monoisotopic (exact) mass is 345 g/mol. The molecule has 25 heavy (non-hydrogen) atoms. The normalized spacial score (nSPS) is 17.4. The van der Waals surface area contributed by atoms with Gasteiger partial charge in [0.25, 0.3) is 0 Å². The number of rotatable bonds is 9. The number of likely N-dealkylation sites (tertiary alicyclic amines) is 1. The van der Waals surface area contributed by atoms with E-state index in [9.17, 15) is 4.79 Å². The molecule has 4 nitrogen and oxygen atoms in total. The Kier molecular flexibility index (Phi) is 8.42. The molecule has 1 unspecified atom stereocenters. The van der Waals surface area contributed by atoms with Crippen LogP contribution >= 0.6 is 0 Å². The fourth-order valence-electron chi connectivity index (χ4n) is 3.47. The lowest BCUT2D eigenvalue weighted by Gasteiger charge is -2.32. The molecule has 0 spiro atoms. The molecule has 1 amide bonds. The number of amides is 1. The molecule has 1 aliphatic heterocycles. The van der Waals surface area contributed by atoms with E-state index in [-0.39, 0.29) is 11.8 Å². The van der Waals surface area contributed by atoms with Crippen molar-refractivity contribution in [1.29, 1.82) is 0 Å². The Bertz CT molecular complexity index is 524. The van der Waals surface area contributed by atoms with Crippen molar-refractivity contribution in [2.24, 2.45) is 11.7 Å². The standard InChI is InChI=1S/C21H35N3O/c1-3-17(2)21(25)23-20-9-7-8-19(16-20)18-10-14-24(15-11-18)13-6-4-5-12-22/h7-9,16-18H,3-6,10-15,22H2,1-2H3,(H,23,25). The molecule has 1 aliphatic rings. The summed E-state index contributed by atoms with van der Waals surface area (Å²) in [4.78, 5) is 14.7. The van der Waals surface area contributed by atoms with Gasteiger partial charge in [0, 0.05) is 11.6 Å². The van der Waals surface area contributed by atoms with Gasteiger partial charge in [0.15, 0.2) is 0 Å². The van der Waals surface area contributed by atoms with Crippen LogP contribution in [-0.2, 0) is 4.79 Å². The minimum Gasteiger partial charge on any atom is -0.330 e. The van der Waals surface area contributed by atoms with Crippen LogP contribution in [0.15, 0.2) is 24.3 Å². The summed E-state index contributed by atoms with van der Waals surface area (Å²) in [6.45, 7) is 8.39. The number of hydrogen-bond donors (Lipinski definition) is 2. The van der Waals surface area contributed by atoms with Crippen LogP contribution in [0.1, 0.15) is 63.9 Å². The first-order valence-electron chi connectivity index (χ1n) is 9.97. The third kappa shape index (κ3) is 6.44. The molecule has 1 saturated heterocycles. The Morgan fingerprint density at radius 2 is 2.04 bits per heavy atom. The van der Waals surface area contributed by atoms with Crippen molar-refractivity contribution < 1.29 is 4.79 Å². The van der Waals surface area contributed by atoms with Gasteiger partial charge in [0.05, 0.1) is 0 Å². The fraction of sp³-hybridized carbons (Fsp3) is 0.667. The second kappa shape index (κ2) is 10.6. The van der Waals surface area contributed by atoms with E-state index in [0.717, 1.165) is 25.1 Å². The van der Waals surface area contributed by atoms with Gasteiger partial charge in [-0.1, -0.05) is 32.4 Å². The fourth-order valence-corrected chi connectivity index (χ4v) is 3.47. The number of benzene rings is 1. The molecular weight excluding hydrogens is 310 g/mol. The molecule has 0 aromatic heterocycles. The van der Waals surface area contributed by atoms with Crippen LogP contribution in [0.5, 0.6) is 0 Å². The Balaban J connectivity index is 1.82. The minimum atomic E-state index is 0.0613. The molecule has 1 heterocycles. The molecule has 1 aromatic carbocycles. The van der Waals surface area contributed by atoms with Gasteiger partial charge in [-0.25, -0.2) is 0 Å². The van der Waals surface area contributed by atoms with Crippen molar-refractivity contribution in [3.63, 3.8) is 0 Å². The highest BCUT2D eigenvalue weighted by Gasteiger charge is 2.20. The van der Waals surface area contributed by atoms with Crippen LogP contribution < -0.4 is 11.1 Å². The molecular formula is C21H35N3O. The lowest BCUT2D eigenvalue weighted by Crippen LogP contribution is -2.33. The molecule has 3 N–H and O–H groups in total. The lowest BCUT2D eigenvalue weighted by molar-refractivity contribution is -0.119. The molecule has 140 valence electrons. The van der Waals surface area contributed by atoms with Gasteiger partial charge >= 0.3 is 0 Å². The Morgan fingerprint density at radius 1 is 1.28 bits per heavy atom. The van der Waals surface area contributed by atoms with Gasteiger partial charge in [0.2, 0.25) is 5.91 Å². The Hall–Kier alpha value is -1.39. The summed E-state index contributed by atoms with van der Waals surface area (Å²) < 4.78 is 0. The van der Waals surface area contributed by atoms with E-state index in [1.807, 2.05) is 19.9 Å². The van der Waals surface area contributed by atoms with E-state index in [0.29, 0.717) is 5.92 Å². The van der Waals surface area contributed by atoms with E-state index < -0.39 is 0 Å². The number of anilines is 1. The average Bonchev–Trinajstić information content (AvgIpc) is 2.65. The summed E-state index contributed by atoms with van der Waals surface area (Å²) >= 11 is 0. The third-order valence-corrected chi connectivity index (χ3v) is 5.45. The first kappa shape index (κ1) is 19.9. The van der Waals surface area contributed by atoms with Gasteiger partial charge in [-0.15, -0.1) is 0 Å². The number of carbonyl (C=O) groups excluding carboxylic acids is 1. The summed E-state index contributed by atoms with van der Waals surface area (Å²) in [5, 5.41) is 3.06. The topological polar surface area (TPSA) is 58.4 Å². The summed E-state index contributed by atoms with van der Waals surface area (Å²) in [5.41, 5.74) is 7.86. The van der Waals surface area contributed by atoms with Crippen LogP contribution in [-0.4, -0.2) is 37.0 Å². The van der Waals surface area contributed by atoms with E-state index in [2.05, 4.69) is 28.4 Å². The molecule has 4 heteroatoms. The number of hydrogen-bond acceptors (Lipinski definition) is 3. The number of nitrogens with one attached hydrogen (secondary N) is 1. The molecule has 1 atom stereocenters. The van der Waals surface area contributed by atoms with Crippen molar-refractivity contribution in [2.75, 3.05) is 31.5 Å². The molecule has 0 aliphatic carbocycles. The first-order valence-corrected chi connectivity index (χ1v) is 9.97. The quantitative estimate of drug-likeness (QED) is 0.666. The maximum Gasteiger partial charge on any atom is 0.227 e. The van der Waals surface area contributed by atoms with E-state index in [4.69, 9.17) is 5.73 Å². The predicted molar refractivity (Wildman–Crippen MR) is 106 cm³/mol. The third-order valence-electron chi connectivity index (χ3n) is 5.45. The number of piperidine rings is 1. The van der Waals surface area contributed by atoms with Crippen molar-refractivity contribution in [2.45, 2.75) is 58.3 Å². The zero-order valence-corrected chi connectivity index (χ0v) is 16.0. The molecule has 0 bridgehead atoms. The summed E-state index contributed by atoms with van der Waals surface area (Å²) in [7, 11) is 0. The zero-order valence-electron chi connectivity index (χ0n) is 16.0. The molecule has 1 aromatic rings. The molecule has 2 rings (SSSR count). The minimum absolute atomic E-state index is 0.0613. The predicted octanol–water partition coefficient (Wildman–Crippen LogP) is 3.98. The maximum absolute atomic E-state index is 12.1. The van der Waals surface area contributed by atoms with Crippen LogP contribution in [0, 0.1) is 5.92 Å². The summed E-state index contributed by atoms with van der Waals surface area (Å²) in [6, 6.07) is 8.44. The van der Waals surface area contributed by atoms with E-state index >= 15 is 0 Å². The van der Waals surface area contributed by atoms with Crippen molar-refractivity contribution in [3.8, 4) is 0 Å². The van der Waals surface area contributed by atoms with Crippen molar-refractivity contribution in [1.82, 2.24) is 4.90 Å². The zero-order chi connectivity index (χ0) is 18.1. The van der Waals surface area contributed by atoms with E-state index in [1.165, 1.54) is 50.9 Å². The van der Waals surface area contributed by atoms with Crippen molar-refractivity contribution in [3.05, 3.63) is 29.8 Å². The second-order valence-corrected chi connectivity index (χ2v) is 7.39. The molecule has 0 saturated carbocycles. The summed E-state index contributed by atoms with van der Waals surface area (Å²) in [5.74, 6) is 0.791. The van der Waals surface area contributed by atoms with Crippen LogP contribution in [0.25, 0.3) is 0 Å². The van der Waals surface area contributed by atoms with Crippen molar-refractivity contribution >= 4 is 11.6 Å². The SMILES string of the molecule is CCC(C)C(=O)Nc1cccc(C2CCN(CCCCCN)CC2)c1. The number of nitrogens with two attached hydrogens (primary N) is 1. The van der Waals surface area contributed by atoms with Gasteiger partial charge in [0.1, 0.15) is 0 Å². The van der Waals surface area contributed by atoms with Gasteiger partial charge in [-0.3, -0.25) is 4.79 Å². The summed E-state index contributed by atoms with van der Waals surface area (Å²) in [6.07, 6.45) is 6.94. The average molecular weight is 346 g/mol. The highest BCUT2D eigenvalue weighted by Crippen LogP contribution is 2.29. The second-order valence-electron chi connectivity index (χ2n) is 7.39. The van der Waals surface area contributed by atoms with Crippen LogP contribution in [0.4, 0.5) is 5.69 Å². The Morgan fingerprint density at radius 3 is 2.72 bits per heavy atom. The first-order chi connectivity index (χ1) is 12.1.